The summed E-state index contributed by atoms with van der Waals surface area (Å²) in [5, 5.41) is 12.3. The van der Waals surface area contributed by atoms with Gasteiger partial charge in [-0.05, 0) is 72.6 Å². The van der Waals surface area contributed by atoms with Gasteiger partial charge in [-0.15, -0.1) is 0 Å². The van der Waals surface area contributed by atoms with Crippen molar-refractivity contribution in [3.63, 3.8) is 0 Å². The average Bonchev–Trinajstić information content (AvgIpc) is 2.56. The van der Waals surface area contributed by atoms with Crippen molar-refractivity contribution in [3.05, 3.63) is 52.0 Å². The molecule has 5 nitrogen and oxygen atoms in total. The van der Waals surface area contributed by atoms with Crippen LogP contribution in [0.5, 0.6) is 11.5 Å². The number of aromatic carboxylic acids is 1. The number of rotatable bonds is 8. The van der Waals surface area contributed by atoms with Crippen molar-refractivity contribution in [1.29, 1.82) is 0 Å². The van der Waals surface area contributed by atoms with Crippen molar-refractivity contribution in [3.8, 4) is 11.5 Å². The Bertz CT molecular complexity index is 746. The minimum atomic E-state index is -0.944. The van der Waals surface area contributed by atoms with Gasteiger partial charge in [-0.25, -0.2) is 4.79 Å². The minimum absolute atomic E-state index is 0.0400. The number of benzene rings is 2. The molecule has 0 amide bonds. The lowest BCUT2D eigenvalue weighted by Gasteiger charge is -2.18. The van der Waals surface area contributed by atoms with E-state index in [-0.39, 0.29) is 11.7 Å². The number of nitrogens with one attached hydrogen (secondary N) is 1. The number of ether oxygens (including phenoxy) is 2. The zero-order valence-corrected chi connectivity index (χ0v) is 16.1. The number of halogens is 1. The predicted molar refractivity (Wildman–Crippen MR) is 102 cm³/mol. The summed E-state index contributed by atoms with van der Waals surface area (Å²) in [5.41, 5.74) is 1.99. The molecule has 134 valence electrons. The van der Waals surface area contributed by atoms with Crippen LogP contribution in [0.15, 0.2) is 40.9 Å². The van der Waals surface area contributed by atoms with Crippen LogP contribution in [0.2, 0.25) is 0 Å². The van der Waals surface area contributed by atoms with Crippen molar-refractivity contribution in [2.24, 2.45) is 0 Å². The average molecular weight is 408 g/mol. The van der Waals surface area contributed by atoms with Crippen molar-refractivity contribution in [2.45, 2.75) is 33.4 Å². The molecule has 0 heterocycles. The standard InChI is InChI=1S/C19H22BrNO4/c1-4-24-17-9-13(8-16(20)18(17)25-12(2)3)11-21-15-7-5-6-14(10-15)19(22)23/h5-10,12,21H,4,11H2,1-3H3,(H,22,23). The predicted octanol–water partition coefficient (Wildman–Crippen LogP) is 4.95. The van der Waals surface area contributed by atoms with E-state index in [1.165, 1.54) is 0 Å². The Balaban J connectivity index is 2.19. The molecule has 2 aromatic rings. The summed E-state index contributed by atoms with van der Waals surface area (Å²) in [7, 11) is 0. The Morgan fingerprint density at radius 1 is 1.28 bits per heavy atom. The van der Waals surface area contributed by atoms with E-state index in [0.29, 0.717) is 24.7 Å². The Hall–Kier alpha value is -2.21. The van der Waals surface area contributed by atoms with E-state index >= 15 is 0 Å². The lowest BCUT2D eigenvalue weighted by Crippen LogP contribution is -2.09. The van der Waals surface area contributed by atoms with Crippen molar-refractivity contribution >= 4 is 27.6 Å². The molecule has 0 aliphatic heterocycles. The van der Waals surface area contributed by atoms with Crippen LogP contribution in [0.3, 0.4) is 0 Å². The van der Waals surface area contributed by atoms with Gasteiger partial charge >= 0.3 is 5.97 Å². The first-order valence-electron chi connectivity index (χ1n) is 8.09. The molecule has 0 radical (unpaired) electrons. The molecular formula is C19H22BrNO4. The first kappa shape index (κ1) is 19.1. The van der Waals surface area contributed by atoms with Gasteiger partial charge in [0.2, 0.25) is 0 Å². The summed E-state index contributed by atoms with van der Waals surface area (Å²) in [6.07, 6.45) is 0.0400. The molecule has 0 saturated carbocycles. The summed E-state index contributed by atoms with van der Waals surface area (Å²) >= 11 is 3.54. The van der Waals surface area contributed by atoms with E-state index in [1.807, 2.05) is 39.0 Å². The normalized spacial score (nSPS) is 10.6. The van der Waals surface area contributed by atoms with E-state index in [0.717, 1.165) is 15.7 Å². The fourth-order valence-electron chi connectivity index (χ4n) is 2.30. The highest BCUT2D eigenvalue weighted by atomic mass is 79.9. The van der Waals surface area contributed by atoms with Gasteiger partial charge in [0.05, 0.1) is 22.7 Å². The molecule has 0 aliphatic carbocycles. The zero-order chi connectivity index (χ0) is 18.4. The van der Waals surface area contributed by atoms with Crippen LogP contribution in [0.1, 0.15) is 36.7 Å². The summed E-state index contributed by atoms with van der Waals surface area (Å²) in [6.45, 7) is 6.93. The Labute approximate surface area is 156 Å². The van der Waals surface area contributed by atoms with Crippen LogP contribution >= 0.6 is 15.9 Å². The molecule has 2 rings (SSSR count). The number of carbonyl (C=O) groups is 1. The van der Waals surface area contributed by atoms with Gasteiger partial charge in [-0.1, -0.05) is 6.07 Å². The highest BCUT2D eigenvalue weighted by Gasteiger charge is 2.14. The third-order valence-electron chi connectivity index (χ3n) is 3.33. The smallest absolute Gasteiger partial charge is 0.335 e. The van der Waals surface area contributed by atoms with Gasteiger partial charge in [0.1, 0.15) is 0 Å². The van der Waals surface area contributed by atoms with Crippen molar-refractivity contribution < 1.29 is 19.4 Å². The highest BCUT2D eigenvalue weighted by molar-refractivity contribution is 9.10. The molecule has 0 fully saturated rings. The fourth-order valence-corrected chi connectivity index (χ4v) is 2.89. The lowest BCUT2D eigenvalue weighted by atomic mass is 10.1. The number of anilines is 1. The van der Waals surface area contributed by atoms with Crippen molar-refractivity contribution in [2.75, 3.05) is 11.9 Å². The molecule has 0 unspecified atom stereocenters. The van der Waals surface area contributed by atoms with Crippen LogP contribution in [0.25, 0.3) is 0 Å². The third-order valence-corrected chi connectivity index (χ3v) is 3.92. The maximum atomic E-state index is 11.0. The molecule has 25 heavy (non-hydrogen) atoms. The number of carboxylic acid groups (broad SMARTS) is 1. The zero-order valence-electron chi connectivity index (χ0n) is 14.5. The molecule has 0 aromatic heterocycles. The SMILES string of the molecule is CCOc1cc(CNc2cccc(C(=O)O)c2)cc(Br)c1OC(C)C. The third kappa shape index (κ3) is 5.39. The second kappa shape index (κ2) is 8.76. The van der Waals surface area contributed by atoms with Crippen LogP contribution in [-0.2, 0) is 6.54 Å². The van der Waals surface area contributed by atoms with Crippen LogP contribution in [0, 0.1) is 0 Å². The summed E-state index contributed by atoms with van der Waals surface area (Å²) < 4.78 is 12.4. The Kier molecular flexibility index (Phi) is 6.70. The van der Waals surface area contributed by atoms with E-state index in [2.05, 4.69) is 21.2 Å². The van der Waals surface area contributed by atoms with Gasteiger partial charge in [-0.3, -0.25) is 0 Å². The summed E-state index contributed by atoms with van der Waals surface area (Å²) in [4.78, 5) is 11.0. The van der Waals surface area contributed by atoms with Crippen LogP contribution < -0.4 is 14.8 Å². The lowest BCUT2D eigenvalue weighted by molar-refractivity contribution is 0.0697. The van der Waals surface area contributed by atoms with E-state index in [9.17, 15) is 4.79 Å². The molecule has 2 N–H and O–H groups in total. The first-order chi connectivity index (χ1) is 11.9. The van der Waals surface area contributed by atoms with Gasteiger partial charge in [0.15, 0.2) is 11.5 Å². The first-order valence-corrected chi connectivity index (χ1v) is 8.89. The topological polar surface area (TPSA) is 67.8 Å². The van der Waals surface area contributed by atoms with Gasteiger partial charge in [0, 0.05) is 12.2 Å². The minimum Gasteiger partial charge on any atom is -0.490 e. The fraction of sp³-hybridized carbons (Fsp3) is 0.316. The number of hydrogen-bond donors (Lipinski definition) is 2. The van der Waals surface area contributed by atoms with Crippen LogP contribution in [-0.4, -0.2) is 23.8 Å². The second-order valence-corrected chi connectivity index (χ2v) is 6.60. The molecule has 6 heteroatoms. The van der Waals surface area contributed by atoms with Crippen molar-refractivity contribution in [1.82, 2.24) is 0 Å². The van der Waals surface area contributed by atoms with Gasteiger partial charge in [0.25, 0.3) is 0 Å². The molecule has 0 atom stereocenters. The maximum absolute atomic E-state index is 11.0. The largest absolute Gasteiger partial charge is 0.490 e. The number of hydrogen-bond acceptors (Lipinski definition) is 4. The Morgan fingerprint density at radius 2 is 2.04 bits per heavy atom. The van der Waals surface area contributed by atoms with E-state index in [1.54, 1.807) is 18.2 Å². The maximum Gasteiger partial charge on any atom is 0.335 e. The molecule has 0 spiro atoms. The summed E-state index contributed by atoms with van der Waals surface area (Å²) in [5.74, 6) is 0.426. The monoisotopic (exact) mass is 407 g/mol. The second-order valence-electron chi connectivity index (χ2n) is 5.74. The molecule has 0 saturated heterocycles. The quantitative estimate of drug-likeness (QED) is 0.647. The van der Waals surface area contributed by atoms with E-state index in [4.69, 9.17) is 14.6 Å². The molecule has 2 aromatic carbocycles. The molecular weight excluding hydrogens is 386 g/mol. The van der Waals surface area contributed by atoms with E-state index < -0.39 is 5.97 Å². The molecule has 0 bridgehead atoms. The van der Waals surface area contributed by atoms with Gasteiger partial charge < -0.3 is 19.9 Å². The molecule has 0 aliphatic rings. The van der Waals surface area contributed by atoms with Crippen LogP contribution in [0.4, 0.5) is 5.69 Å². The summed E-state index contributed by atoms with van der Waals surface area (Å²) in [6, 6.07) is 10.6. The number of carboxylic acids is 1. The highest BCUT2D eigenvalue weighted by Crippen LogP contribution is 2.37. The Morgan fingerprint density at radius 3 is 2.68 bits per heavy atom. The van der Waals surface area contributed by atoms with Gasteiger partial charge in [-0.2, -0.15) is 0 Å².